The van der Waals surface area contributed by atoms with E-state index in [1.54, 1.807) is 0 Å². The first-order valence-electron chi connectivity index (χ1n) is 18.3. The van der Waals surface area contributed by atoms with Crippen LogP contribution in [0.25, 0.3) is 55.0 Å². The number of anilines is 2. The van der Waals surface area contributed by atoms with Gasteiger partial charge in [-0.1, -0.05) is 140 Å². The number of hydrogen-bond acceptors (Lipinski definition) is 2. The molecule has 2 unspecified atom stereocenters. The van der Waals surface area contributed by atoms with E-state index in [1.165, 1.54) is 55.3 Å². The molecule has 0 aliphatic heterocycles. The Kier molecular flexibility index (Phi) is 7.46. The predicted molar refractivity (Wildman–Crippen MR) is 219 cm³/mol. The van der Waals surface area contributed by atoms with E-state index in [1.807, 2.05) is 12.1 Å². The molecule has 52 heavy (non-hydrogen) atoms. The van der Waals surface area contributed by atoms with Crippen LogP contribution in [0.2, 0.25) is 0 Å². The molecular weight excluding hydrogens is 631 g/mol. The van der Waals surface area contributed by atoms with Crippen LogP contribution in [0.4, 0.5) is 11.4 Å². The SMILES string of the molecule is C1=CC2C=C(c3ccccc3)C=C(N(c3ccc(C4=CCCC=C4)cc3)c3ccc(-c4ccc5c(ccc6oc7ccccc7c65)c4)cc3)C2C=C1. The lowest BCUT2D eigenvalue weighted by atomic mass is 9.78. The third-order valence-electron chi connectivity index (χ3n) is 10.8. The Morgan fingerprint density at radius 1 is 0.558 bits per heavy atom. The van der Waals surface area contributed by atoms with Gasteiger partial charge in [-0.05, 0) is 106 Å². The number of allylic oxidation sites excluding steroid dienone is 11. The van der Waals surface area contributed by atoms with Gasteiger partial charge in [0.2, 0.25) is 0 Å². The summed E-state index contributed by atoms with van der Waals surface area (Å²) in [6, 6.07) is 48.4. The summed E-state index contributed by atoms with van der Waals surface area (Å²) in [6.45, 7) is 0. The summed E-state index contributed by atoms with van der Waals surface area (Å²) >= 11 is 0. The van der Waals surface area contributed by atoms with Gasteiger partial charge in [0, 0.05) is 39.7 Å². The van der Waals surface area contributed by atoms with Crippen LogP contribution in [0.15, 0.2) is 198 Å². The van der Waals surface area contributed by atoms with Gasteiger partial charge >= 0.3 is 0 Å². The largest absolute Gasteiger partial charge is 0.456 e. The molecule has 0 bridgehead atoms. The number of nitrogens with zero attached hydrogens (tertiary/aromatic N) is 1. The summed E-state index contributed by atoms with van der Waals surface area (Å²) in [6.07, 6.45) is 23.0. The van der Waals surface area contributed by atoms with Crippen LogP contribution < -0.4 is 4.90 Å². The summed E-state index contributed by atoms with van der Waals surface area (Å²) < 4.78 is 6.17. The summed E-state index contributed by atoms with van der Waals surface area (Å²) in [4.78, 5) is 2.47. The third-order valence-corrected chi connectivity index (χ3v) is 10.8. The highest BCUT2D eigenvalue weighted by Crippen LogP contribution is 2.44. The van der Waals surface area contributed by atoms with Gasteiger partial charge < -0.3 is 9.32 Å². The molecule has 3 aliphatic rings. The van der Waals surface area contributed by atoms with Gasteiger partial charge in [-0.25, -0.2) is 0 Å². The second-order valence-electron chi connectivity index (χ2n) is 14.0. The van der Waals surface area contributed by atoms with E-state index in [0.29, 0.717) is 0 Å². The molecule has 0 saturated carbocycles. The van der Waals surface area contributed by atoms with Gasteiger partial charge in [-0.3, -0.25) is 0 Å². The Hall–Kier alpha value is -6.38. The summed E-state index contributed by atoms with van der Waals surface area (Å²) in [5.74, 6) is 0.493. The molecule has 0 spiro atoms. The van der Waals surface area contributed by atoms with E-state index in [-0.39, 0.29) is 11.8 Å². The number of benzene rings is 6. The first-order valence-corrected chi connectivity index (χ1v) is 18.3. The Labute approximate surface area is 304 Å². The molecule has 2 atom stereocenters. The van der Waals surface area contributed by atoms with Crippen LogP contribution in [-0.4, -0.2) is 0 Å². The average Bonchev–Trinajstić information content (AvgIpc) is 3.61. The Morgan fingerprint density at radius 3 is 2.10 bits per heavy atom. The van der Waals surface area contributed by atoms with Crippen LogP contribution in [0.1, 0.15) is 24.0 Å². The standard InChI is InChI=1S/C50H37NO/c1-3-11-34(12-4-1)36-19-25-42(26-20-36)51(47-33-41(35-13-5-2-6-14-35)32-39-15-7-8-16-44(39)47)43-27-21-37(22-28-43)38-23-29-45-40(31-38)24-30-49-50(45)46-17-9-10-18-48(46)52-49/h2-3,5-33,39,44H,1,4H2. The zero-order chi connectivity index (χ0) is 34.4. The summed E-state index contributed by atoms with van der Waals surface area (Å²) in [7, 11) is 0. The van der Waals surface area contributed by atoms with Crippen molar-refractivity contribution in [1.29, 1.82) is 0 Å². The molecule has 0 saturated heterocycles. The molecule has 0 amide bonds. The molecule has 0 fully saturated rings. The molecular formula is C50H37NO. The third kappa shape index (κ3) is 5.36. The molecule has 7 aromatic rings. The van der Waals surface area contributed by atoms with Crippen LogP contribution in [0.3, 0.4) is 0 Å². The van der Waals surface area contributed by atoms with Gasteiger partial charge in [0.1, 0.15) is 11.2 Å². The fourth-order valence-electron chi connectivity index (χ4n) is 8.23. The minimum absolute atomic E-state index is 0.220. The maximum Gasteiger partial charge on any atom is 0.136 e. The molecule has 2 nitrogen and oxygen atoms in total. The maximum absolute atomic E-state index is 6.17. The van der Waals surface area contributed by atoms with Crippen molar-refractivity contribution in [3.8, 4) is 11.1 Å². The van der Waals surface area contributed by atoms with Crippen molar-refractivity contribution in [3.05, 3.63) is 205 Å². The van der Waals surface area contributed by atoms with E-state index in [0.717, 1.165) is 40.8 Å². The topological polar surface area (TPSA) is 16.4 Å². The highest BCUT2D eigenvalue weighted by molar-refractivity contribution is 6.19. The molecule has 248 valence electrons. The number of rotatable bonds is 6. The number of hydrogen-bond donors (Lipinski definition) is 0. The van der Waals surface area contributed by atoms with Gasteiger partial charge in [-0.15, -0.1) is 0 Å². The van der Waals surface area contributed by atoms with E-state index in [9.17, 15) is 0 Å². The molecule has 2 heteroatoms. The first-order chi connectivity index (χ1) is 25.8. The lowest BCUT2D eigenvalue weighted by molar-refractivity contribution is 0.615. The van der Waals surface area contributed by atoms with E-state index >= 15 is 0 Å². The van der Waals surface area contributed by atoms with Crippen molar-refractivity contribution >= 4 is 55.2 Å². The Balaban J connectivity index is 1.07. The van der Waals surface area contributed by atoms with Crippen molar-refractivity contribution in [1.82, 2.24) is 0 Å². The Morgan fingerprint density at radius 2 is 1.29 bits per heavy atom. The molecule has 10 rings (SSSR count). The first kappa shape index (κ1) is 30.4. The minimum atomic E-state index is 0.220. The van der Waals surface area contributed by atoms with Crippen LogP contribution >= 0.6 is 0 Å². The molecule has 0 radical (unpaired) electrons. The van der Waals surface area contributed by atoms with Gasteiger partial charge in [0.15, 0.2) is 0 Å². The second kappa shape index (κ2) is 12.7. The number of furan rings is 1. The van der Waals surface area contributed by atoms with Crippen molar-refractivity contribution in [2.45, 2.75) is 12.8 Å². The molecule has 0 N–H and O–H groups in total. The van der Waals surface area contributed by atoms with Crippen LogP contribution in [0.5, 0.6) is 0 Å². The lowest BCUT2D eigenvalue weighted by Gasteiger charge is -2.37. The van der Waals surface area contributed by atoms with Gasteiger partial charge in [0.05, 0.1) is 0 Å². The van der Waals surface area contributed by atoms with E-state index in [2.05, 4.69) is 181 Å². The minimum Gasteiger partial charge on any atom is -0.456 e. The van der Waals surface area contributed by atoms with Crippen molar-refractivity contribution < 1.29 is 4.42 Å². The highest BCUT2D eigenvalue weighted by Gasteiger charge is 2.31. The van der Waals surface area contributed by atoms with Crippen molar-refractivity contribution in [2.75, 3.05) is 4.90 Å². The van der Waals surface area contributed by atoms with E-state index in [4.69, 9.17) is 4.42 Å². The second-order valence-corrected chi connectivity index (χ2v) is 14.0. The molecule has 1 heterocycles. The normalized spacial score (nSPS) is 18.0. The van der Waals surface area contributed by atoms with E-state index < -0.39 is 0 Å². The number of fused-ring (bicyclic) bond motifs is 6. The fraction of sp³-hybridized carbons (Fsp3) is 0.0800. The number of para-hydroxylation sites is 1. The Bertz CT molecular complexity index is 2660. The van der Waals surface area contributed by atoms with Gasteiger partial charge in [0.25, 0.3) is 0 Å². The molecule has 1 aromatic heterocycles. The monoisotopic (exact) mass is 667 g/mol. The average molecular weight is 668 g/mol. The van der Waals surface area contributed by atoms with Crippen molar-refractivity contribution in [2.24, 2.45) is 11.8 Å². The highest BCUT2D eigenvalue weighted by atomic mass is 16.3. The maximum atomic E-state index is 6.17. The molecule has 3 aliphatic carbocycles. The van der Waals surface area contributed by atoms with Gasteiger partial charge in [-0.2, -0.15) is 0 Å². The predicted octanol–water partition coefficient (Wildman–Crippen LogP) is 13.6. The van der Waals surface area contributed by atoms with Crippen LogP contribution in [0, 0.1) is 11.8 Å². The quantitative estimate of drug-likeness (QED) is 0.175. The van der Waals surface area contributed by atoms with Crippen LogP contribution in [-0.2, 0) is 0 Å². The summed E-state index contributed by atoms with van der Waals surface area (Å²) in [5.41, 5.74) is 12.9. The fourth-order valence-corrected chi connectivity index (χ4v) is 8.23. The van der Waals surface area contributed by atoms with Crippen molar-refractivity contribution in [3.63, 3.8) is 0 Å². The lowest BCUT2D eigenvalue weighted by Crippen LogP contribution is -2.28. The zero-order valence-corrected chi connectivity index (χ0v) is 28.8. The smallest absolute Gasteiger partial charge is 0.136 e. The summed E-state index contributed by atoms with van der Waals surface area (Å²) in [5, 5.41) is 4.77. The zero-order valence-electron chi connectivity index (χ0n) is 28.8. The molecule has 6 aromatic carbocycles.